The second kappa shape index (κ2) is 6.91. The fraction of sp³-hybridized carbons (Fsp3) is 0.381. The number of rotatable bonds is 3. The number of halogens is 3. The van der Waals surface area contributed by atoms with E-state index in [1.807, 2.05) is 0 Å². The number of methoxy groups -OCH3 is 1. The highest BCUT2D eigenvalue weighted by molar-refractivity contribution is 5.95. The van der Waals surface area contributed by atoms with Crippen molar-refractivity contribution in [3.05, 3.63) is 65.0 Å². The maximum Gasteiger partial charge on any atom is 0.254 e. The molecule has 2 aliphatic heterocycles. The van der Waals surface area contributed by atoms with Crippen LogP contribution in [0.2, 0.25) is 0 Å². The minimum atomic E-state index is -0.880. The molecule has 0 N–H and O–H groups in total. The van der Waals surface area contributed by atoms with E-state index in [9.17, 15) is 18.0 Å². The lowest BCUT2D eigenvalue weighted by Gasteiger charge is -2.39. The lowest BCUT2D eigenvalue weighted by molar-refractivity contribution is 0.0570. The third-order valence-electron chi connectivity index (χ3n) is 5.76. The molecule has 2 aromatic rings. The molecule has 0 aliphatic carbocycles. The van der Waals surface area contributed by atoms with Crippen LogP contribution >= 0.6 is 0 Å². The smallest absolute Gasteiger partial charge is 0.254 e. The predicted molar refractivity (Wildman–Crippen MR) is 94.3 cm³/mol. The van der Waals surface area contributed by atoms with Crippen molar-refractivity contribution in [1.29, 1.82) is 0 Å². The van der Waals surface area contributed by atoms with Crippen molar-refractivity contribution in [2.45, 2.75) is 43.7 Å². The third kappa shape index (κ3) is 3.17. The predicted octanol–water partition coefficient (Wildman–Crippen LogP) is 4.66. The molecule has 6 heteroatoms. The van der Waals surface area contributed by atoms with Gasteiger partial charge in [0, 0.05) is 17.6 Å². The highest BCUT2D eigenvalue weighted by atomic mass is 19.1. The maximum atomic E-state index is 14.0. The quantitative estimate of drug-likeness (QED) is 0.781. The molecule has 3 nitrogen and oxygen atoms in total. The van der Waals surface area contributed by atoms with E-state index in [2.05, 4.69) is 4.74 Å². The Labute approximate surface area is 155 Å². The summed E-state index contributed by atoms with van der Waals surface area (Å²) in [5, 5.41) is 0. The lowest BCUT2D eigenvalue weighted by Crippen LogP contribution is -2.46. The average molecular weight is 375 g/mol. The molecular formula is C21H20F3NO2. The maximum absolute atomic E-state index is 14.0. The molecule has 2 fully saturated rings. The summed E-state index contributed by atoms with van der Waals surface area (Å²) in [6.07, 6.45) is 3.29. The number of ether oxygens (including phenoxy) is 1. The van der Waals surface area contributed by atoms with Crippen LogP contribution in [-0.2, 0) is 0 Å². The number of amides is 1. The van der Waals surface area contributed by atoms with E-state index in [0.717, 1.165) is 43.4 Å². The van der Waals surface area contributed by atoms with Crippen molar-refractivity contribution < 1.29 is 22.7 Å². The summed E-state index contributed by atoms with van der Waals surface area (Å²) >= 11 is 0. The molecule has 0 radical (unpaired) electrons. The first kappa shape index (κ1) is 17.9. The van der Waals surface area contributed by atoms with E-state index in [-0.39, 0.29) is 35.3 Å². The van der Waals surface area contributed by atoms with E-state index in [4.69, 9.17) is 0 Å². The monoisotopic (exact) mass is 375 g/mol. The van der Waals surface area contributed by atoms with Gasteiger partial charge in [-0.25, -0.2) is 13.2 Å². The van der Waals surface area contributed by atoms with Gasteiger partial charge in [-0.3, -0.25) is 4.79 Å². The standard InChI is InChI=1S/C21H20F3NO2/c1-27-20-18(23)10-14(11-19(20)24)21(26)25-16-6-7-17(25)9-13(8-16)12-2-4-15(22)5-3-12/h2-5,10-11,13,16-17H,6-9H2,1H3/t13-,16+,17-. The molecule has 0 spiro atoms. The summed E-state index contributed by atoms with van der Waals surface area (Å²) in [7, 11) is 1.18. The van der Waals surface area contributed by atoms with Crippen molar-refractivity contribution in [2.75, 3.05) is 7.11 Å². The number of hydrogen-bond acceptors (Lipinski definition) is 2. The van der Waals surface area contributed by atoms with Crippen LogP contribution < -0.4 is 4.74 Å². The van der Waals surface area contributed by atoms with Crippen molar-refractivity contribution in [3.63, 3.8) is 0 Å². The first-order chi connectivity index (χ1) is 13.0. The minimum Gasteiger partial charge on any atom is -0.491 e. The van der Waals surface area contributed by atoms with Gasteiger partial charge in [0.2, 0.25) is 0 Å². The Morgan fingerprint density at radius 3 is 2.07 bits per heavy atom. The molecule has 2 aromatic carbocycles. The molecule has 2 aliphatic rings. The Kier molecular flexibility index (Phi) is 4.58. The highest BCUT2D eigenvalue weighted by Gasteiger charge is 2.44. The van der Waals surface area contributed by atoms with Gasteiger partial charge >= 0.3 is 0 Å². The zero-order chi connectivity index (χ0) is 19.1. The molecule has 4 rings (SSSR count). The van der Waals surface area contributed by atoms with Crippen LogP contribution in [0.5, 0.6) is 5.75 Å². The molecule has 0 saturated carbocycles. The van der Waals surface area contributed by atoms with Gasteiger partial charge in [0.1, 0.15) is 5.82 Å². The highest BCUT2D eigenvalue weighted by Crippen LogP contribution is 2.43. The molecular weight excluding hydrogens is 355 g/mol. The van der Waals surface area contributed by atoms with E-state index < -0.39 is 17.4 Å². The Morgan fingerprint density at radius 1 is 1.00 bits per heavy atom. The topological polar surface area (TPSA) is 29.5 Å². The van der Waals surface area contributed by atoms with E-state index in [1.54, 1.807) is 17.0 Å². The van der Waals surface area contributed by atoms with Crippen LogP contribution in [0, 0.1) is 17.5 Å². The summed E-state index contributed by atoms with van der Waals surface area (Å²) < 4.78 is 45.8. The van der Waals surface area contributed by atoms with Crippen molar-refractivity contribution in [1.82, 2.24) is 4.90 Å². The summed E-state index contributed by atoms with van der Waals surface area (Å²) in [5.74, 6) is -2.59. The van der Waals surface area contributed by atoms with Gasteiger partial charge in [-0.1, -0.05) is 12.1 Å². The Balaban J connectivity index is 1.56. The van der Waals surface area contributed by atoms with Crippen LogP contribution in [0.4, 0.5) is 13.2 Å². The van der Waals surface area contributed by atoms with Gasteiger partial charge in [0.25, 0.3) is 5.91 Å². The molecule has 2 saturated heterocycles. The summed E-state index contributed by atoms with van der Waals surface area (Å²) in [5.41, 5.74) is 1.07. The molecule has 0 aromatic heterocycles. The van der Waals surface area contributed by atoms with Gasteiger partial charge in [0.15, 0.2) is 17.4 Å². The molecule has 3 atom stereocenters. The third-order valence-corrected chi connectivity index (χ3v) is 5.76. The van der Waals surface area contributed by atoms with Crippen molar-refractivity contribution in [2.24, 2.45) is 0 Å². The van der Waals surface area contributed by atoms with E-state index >= 15 is 0 Å². The molecule has 2 bridgehead atoms. The van der Waals surface area contributed by atoms with Crippen LogP contribution in [0.25, 0.3) is 0 Å². The number of fused-ring (bicyclic) bond motifs is 2. The normalized spacial score (nSPS) is 24.1. The largest absolute Gasteiger partial charge is 0.491 e. The SMILES string of the molecule is COc1c(F)cc(C(=O)N2[C@@H]3CC[C@H]2C[C@@H](c2ccc(F)cc2)C3)cc1F. The molecule has 0 unspecified atom stereocenters. The number of hydrogen-bond donors (Lipinski definition) is 0. The van der Waals surface area contributed by atoms with E-state index in [0.29, 0.717) is 0 Å². The van der Waals surface area contributed by atoms with Crippen molar-refractivity contribution >= 4 is 5.91 Å². The summed E-state index contributed by atoms with van der Waals surface area (Å²) in [6.45, 7) is 0. The van der Waals surface area contributed by atoms with Crippen LogP contribution in [0.3, 0.4) is 0 Å². The fourth-order valence-electron chi connectivity index (χ4n) is 4.54. The minimum absolute atomic E-state index is 0.00271. The Hall–Kier alpha value is -2.50. The summed E-state index contributed by atoms with van der Waals surface area (Å²) in [6, 6.07) is 8.64. The second-order valence-electron chi connectivity index (χ2n) is 7.29. The first-order valence-corrected chi connectivity index (χ1v) is 9.09. The second-order valence-corrected chi connectivity index (χ2v) is 7.29. The Morgan fingerprint density at radius 2 is 1.56 bits per heavy atom. The first-order valence-electron chi connectivity index (χ1n) is 9.09. The zero-order valence-electron chi connectivity index (χ0n) is 14.9. The lowest BCUT2D eigenvalue weighted by atomic mass is 9.85. The zero-order valence-corrected chi connectivity index (χ0v) is 14.9. The average Bonchev–Trinajstić information content (AvgIpc) is 2.91. The van der Waals surface area contributed by atoms with Gasteiger partial charge < -0.3 is 9.64 Å². The van der Waals surface area contributed by atoms with Gasteiger partial charge in [-0.05, 0) is 61.4 Å². The Bertz CT molecular complexity index is 831. The molecule has 2 heterocycles. The number of piperidine rings is 1. The number of benzene rings is 2. The fourth-order valence-corrected chi connectivity index (χ4v) is 4.54. The number of carbonyl (C=O) groups excluding carboxylic acids is 1. The molecule has 27 heavy (non-hydrogen) atoms. The summed E-state index contributed by atoms with van der Waals surface area (Å²) in [4.78, 5) is 14.7. The van der Waals surface area contributed by atoms with Crippen molar-refractivity contribution in [3.8, 4) is 5.75 Å². The van der Waals surface area contributed by atoms with Gasteiger partial charge in [-0.2, -0.15) is 0 Å². The van der Waals surface area contributed by atoms with E-state index in [1.165, 1.54) is 19.2 Å². The molecule has 142 valence electrons. The van der Waals surface area contributed by atoms with Gasteiger partial charge in [-0.15, -0.1) is 0 Å². The van der Waals surface area contributed by atoms with Crippen LogP contribution in [0.1, 0.15) is 47.5 Å². The number of carbonyl (C=O) groups is 1. The molecule has 1 amide bonds. The number of nitrogens with zero attached hydrogens (tertiary/aromatic N) is 1. The van der Waals surface area contributed by atoms with Crippen LogP contribution in [0.15, 0.2) is 36.4 Å². The van der Waals surface area contributed by atoms with Crippen LogP contribution in [-0.4, -0.2) is 30.0 Å². The van der Waals surface area contributed by atoms with Gasteiger partial charge in [0.05, 0.1) is 7.11 Å².